The normalized spacial score (nSPS) is 27.4. The minimum absolute atomic E-state index is 0.0116. The van der Waals surface area contributed by atoms with Crippen LogP contribution in [0, 0.1) is 0 Å². The molecule has 98 valence electrons. The first kappa shape index (κ1) is 12.5. The quantitative estimate of drug-likeness (QED) is 0.670. The molecule has 1 aliphatic carbocycles. The number of carbonyl (C=O) groups is 3. The summed E-state index contributed by atoms with van der Waals surface area (Å²) in [6.07, 6.45) is -0.830. The highest BCUT2D eigenvalue weighted by Gasteiger charge is 2.37. The van der Waals surface area contributed by atoms with Gasteiger partial charge in [0.1, 0.15) is 11.8 Å². The monoisotopic (exact) mass is 256 g/mol. The van der Waals surface area contributed by atoms with Crippen molar-refractivity contribution in [1.82, 2.24) is 10.6 Å². The van der Waals surface area contributed by atoms with Gasteiger partial charge in [-0.05, 0) is 6.42 Å². The summed E-state index contributed by atoms with van der Waals surface area (Å²) < 4.78 is 17.8. The zero-order chi connectivity index (χ0) is 13.3. The van der Waals surface area contributed by atoms with Crippen LogP contribution in [0.5, 0.6) is 0 Å². The maximum Gasteiger partial charge on any atom is 0.251 e. The number of imide groups is 1. The van der Waals surface area contributed by atoms with Gasteiger partial charge in [-0.3, -0.25) is 19.7 Å². The number of halogens is 1. The third-order valence-electron chi connectivity index (χ3n) is 3.00. The zero-order valence-electron chi connectivity index (χ0n) is 9.79. The number of ether oxygens (including phenoxy) is 1. The summed E-state index contributed by atoms with van der Waals surface area (Å²) in [5, 5.41) is 4.60. The smallest absolute Gasteiger partial charge is 0.251 e. The molecule has 1 fully saturated rings. The number of amides is 3. The summed E-state index contributed by atoms with van der Waals surface area (Å²) in [4.78, 5) is 34.1. The molecule has 0 aromatic carbocycles. The first-order chi connectivity index (χ1) is 8.52. The van der Waals surface area contributed by atoms with Crippen molar-refractivity contribution in [2.75, 3.05) is 7.11 Å². The Balaban J connectivity index is 1.98. The van der Waals surface area contributed by atoms with Gasteiger partial charge in [0.25, 0.3) is 5.91 Å². The number of piperidine rings is 1. The average Bonchev–Trinajstić information content (AvgIpc) is 2.30. The molecule has 0 saturated carbocycles. The molecule has 2 atom stereocenters. The summed E-state index contributed by atoms with van der Waals surface area (Å²) in [6, 6.07) is -0.750. The fourth-order valence-electron chi connectivity index (χ4n) is 1.96. The van der Waals surface area contributed by atoms with Crippen molar-refractivity contribution in [3.8, 4) is 0 Å². The van der Waals surface area contributed by atoms with Gasteiger partial charge in [0.05, 0.1) is 12.7 Å². The summed E-state index contributed by atoms with van der Waals surface area (Å²) in [7, 11) is 1.29. The Hall–Kier alpha value is -1.92. The van der Waals surface area contributed by atoms with E-state index in [0.717, 1.165) is 0 Å². The summed E-state index contributed by atoms with van der Waals surface area (Å²) in [5.41, 5.74) is 0.217. The van der Waals surface area contributed by atoms with Crippen molar-refractivity contribution in [2.24, 2.45) is 0 Å². The molecule has 1 saturated heterocycles. The molecule has 0 radical (unpaired) electrons. The highest BCUT2D eigenvalue weighted by atomic mass is 19.1. The van der Waals surface area contributed by atoms with Crippen LogP contribution in [0.3, 0.4) is 0 Å². The fraction of sp³-hybridized carbons (Fsp3) is 0.545. The van der Waals surface area contributed by atoms with E-state index in [2.05, 4.69) is 10.6 Å². The lowest BCUT2D eigenvalue weighted by Crippen LogP contribution is -2.53. The first-order valence-corrected chi connectivity index (χ1v) is 5.58. The molecule has 3 amide bonds. The van der Waals surface area contributed by atoms with Crippen molar-refractivity contribution < 1.29 is 23.5 Å². The topological polar surface area (TPSA) is 84.5 Å². The lowest BCUT2D eigenvalue weighted by Gasteiger charge is -2.28. The lowest BCUT2D eigenvalue weighted by atomic mass is 9.92. The van der Waals surface area contributed by atoms with E-state index in [4.69, 9.17) is 4.74 Å². The molecular weight excluding hydrogens is 243 g/mol. The second-order valence-corrected chi connectivity index (χ2v) is 4.20. The van der Waals surface area contributed by atoms with Crippen LogP contribution in [0.1, 0.15) is 19.3 Å². The van der Waals surface area contributed by atoms with E-state index in [-0.39, 0.29) is 36.5 Å². The molecule has 1 heterocycles. The molecule has 1 unspecified atom stereocenters. The molecule has 2 aliphatic rings. The van der Waals surface area contributed by atoms with Crippen LogP contribution in [-0.2, 0) is 19.1 Å². The molecule has 0 spiro atoms. The summed E-state index contributed by atoms with van der Waals surface area (Å²) >= 11 is 0. The number of carbonyl (C=O) groups excluding carboxylic acids is 3. The largest absolute Gasteiger partial charge is 0.497 e. The van der Waals surface area contributed by atoms with Crippen LogP contribution in [0.15, 0.2) is 11.3 Å². The van der Waals surface area contributed by atoms with Crippen LogP contribution in [0.2, 0.25) is 0 Å². The molecule has 2 N–H and O–H groups in total. The SMILES string of the molecule is COC1=C(C(=O)NC2CCC(=O)NC2=O)C[C@H]1F. The van der Waals surface area contributed by atoms with Crippen LogP contribution in [0.25, 0.3) is 0 Å². The zero-order valence-corrected chi connectivity index (χ0v) is 9.79. The Bertz CT molecular complexity index is 446. The predicted octanol–water partition coefficient (Wildman–Crippen LogP) is -0.450. The fourth-order valence-corrected chi connectivity index (χ4v) is 1.96. The van der Waals surface area contributed by atoms with E-state index in [9.17, 15) is 18.8 Å². The van der Waals surface area contributed by atoms with Gasteiger partial charge in [-0.1, -0.05) is 0 Å². The lowest BCUT2D eigenvalue weighted by molar-refractivity contribution is -0.136. The molecular formula is C11H13FN2O4. The highest BCUT2D eigenvalue weighted by molar-refractivity contribution is 6.04. The van der Waals surface area contributed by atoms with Gasteiger partial charge in [-0.2, -0.15) is 0 Å². The van der Waals surface area contributed by atoms with E-state index in [1.165, 1.54) is 7.11 Å². The number of rotatable bonds is 3. The average molecular weight is 256 g/mol. The number of allylic oxidation sites excluding steroid dienone is 1. The third-order valence-corrected chi connectivity index (χ3v) is 3.00. The predicted molar refractivity (Wildman–Crippen MR) is 57.9 cm³/mol. The molecule has 7 heteroatoms. The second kappa shape index (κ2) is 4.75. The summed E-state index contributed by atoms with van der Waals surface area (Å²) in [6.45, 7) is 0. The van der Waals surface area contributed by atoms with E-state index in [1.807, 2.05) is 0 Å². The Kier molecular flexibility index (Phi) is 3.31. The van der Waals surface area contributed by atoms with Gasteiger partial charge in [-0.15, -0.1) is 0 Å². The Labute approximate surface area is 103 Å². The molecule has 0 bridgehead atoms. The minimum Gasteiger partial charge on any atom is -0.497 e. The minimum atomic E-state index is -1.25. The van der Waals surface area contributed by atoms with Gasteiger partial charge in [-0.25, -0.2) is 4.39 Å². The highest BCUT2D eigenvalue weighted by Crippen LogP contribution is 2.31. The number of hydrogen-bond acceptors (Lipinski definition) is 4. The Morgan fingerprint density at radius 2 is 2.22 bits per heavy atom. The van der Waals surface area contributed by atoms with Crippen LogP contribution < -0.4 is 10.6 Å². The molecule has 2 rings (SSSR count). The van der Waals surface area contributed by atoms with E-state index in [0.29, 0.717) is 0 Å². The standard InChI is InChI=1S/C11H13FN2O4/c1-18-9-5(4-6(9)12)10(16)13-7-2-3-8(15)14-11(7)17/h6-7H,2-4H2,1H3,(H,13,16)(H,14,15,17)/t6-,7?/m1/s1. The van der Waals surface area contributed by atoms with Crippen molar-refractivity contribution >= 4 is 17.7 Å². The maximum absolute atomic E-state index is 13.0. The van der Waals surface area contributed by atoms with Gasteiger partial charge >= 0.3 is 0 Å². The van der Waals surface area contributed by atoms with Gasteiger partial charge in [0.2, 0.25) is 11.8 Å². The van der Waals surface area contributed by atoms with Crippen LogP contribution in [-0.4, -0.2) is 37.0 Å². The second-order valence-electron chi connectivity index (χ2n) is 4.20. The van der Waals surface area contributed by atoms with Crippen molar-refractivity contribution in [2.45, 2.75) is 31.5 Å². The maximum atomic E-state index is 13.0. The van der Waals surface area contributed by atoms with Gasteiger partial charge in [0.15, 0.2) is 6.17 Å². The Morgan fingerprint density at radius 3 is 2.78 bits per heavy atom. The van der Waals surface area contributed by atoms with Crippen molar-refractivity contribution in [1.29, 1.82) is 0 Å². The summed E-state index contributed by atoms with van der Waals surface area (Å²) in [5.74, 6) is -1.39. The molecule has 0 aromatic heterocycles. The third kappa shape index (κ3) is 2.20. The van der Waals surface area contributed by atoms with Crippen LogP contribution in [0.4, 0.5) is 4.39 Å². The van der Waals surface area contributed by atoms with E-state index < -0.39 is 24.0 Å². The molecule has 6 nitrogen and oxygen atoms in total. The number of methoxy groups -OCH3 is 1. The van der Waals surface area contributed by atoms with Gasteiger partial charge in [0, 0.05) is 12.8 Å². The van der Waals surface area contributed by atoms with Crippen LogP contribution >= 0.6 is 0 Å². The molecule has 18 heavy (non-hydrogen) atoms. The Morgan fingerprint density at radius 1 is 1.50 bits per heavy atom. The van der Waals surface area contributed by atoms with E-state index in [1.54, 1.807) is 0 Å². The number of hydrogen-bond donors (Lipinski definition) is 2. The number of alkyl halides is 1. The van der Waals surface area contributed by atoms with Gasteiger partial charge < -0.3 is 10.1 Å². The number of nitrogens with one attached hydrogen (secondary N) is 2. The molecule has 1 aliphatic heterocycles. The molecule has 0 aromatic rings. The first-order valence-electron chi connectivity index (χ1n) is 5.58. The van der Waals surface area contributed by atoms with Crippen molar-refractivity contribution in [3.63, 3.8) is 0 Å². The van der Waals surface area contributed by atoms with E-state index >= 15 is 0 Å². The van der Waals surface area contributed by atoms with Crippen molar-refractivity contribution in [3.05, 3.63) is 11.3 Å².